The number of sulfonamides is 1. The van der Waals surface area contributed by atoms with Crippen molar-refractivity contribution in [3.05, 3.63) is 53.6 Å². The summed E-state index contributed by atoms with van der Waals surface area (Å²) in [4.78, 5) is 14.7. The van der Waals surface area contributed by atoms with Crippen molar-refractivity contribution in [3.63, 3.8) is 0 Å². The number of benzene rings is 2. The first-order valence-electron chi connectivity index (χ1n) is 10.4. The van der Waals surface area contributed by atoms with Crippen molar-refractivity contribution in [1.82, 2.24) is 4.31 Å². The molecule has 6 nitrogen and oxygen atoms in total. The summed E-state index contributed by atoms with van der Waals surface area (Å²) in [5.74, 6) is -0.128. The van der Waals surface area contributed by atoms with Gasteiger partial charge < -0.3 is 10.2 Å². The number of aryl methyl sites for hydroxylation is 2. The van der Waals surface area contributed by atoms with E-state index < -0.39 is 10.0 Å². The molecule has 0 saturated carbocycles. The van der Waals surface area contributed by atoms with E-state index in [1.165, 1.54) is 0 Å². The molecule has 0 unspecified atom stereocenters. The first-order chi connectivity index (χ1) is 14.3. The summed E-state index contributed by atoms with van der Waals surface area (Å²) in [6, 6.07) is 13.2. The molecule has 7 heteroatoms. The zero-order chi connectivity index (χ0) is 21.7. The van der Waals surface area contributed by atoms with Gasteiger partial charge >= 0.3 is 0 Å². The van der Waals surface area contributed by atoms with E-state index in [1.807, 2.05) is 43.3 Å². The van der Waals surface area contributed by atoms with Gasteiger partial charge in [0, 0.05) is 45.0 Å². The van der Waals surface area contributed by atoms with Crippen LogP contribution in [0.3, 0.4) is 0 Å². The Labute approximate surface area is 179 Å². The molecule has 1 N–H and O–H groups in total. The lowest BCUT2D eigenvalue weighted by molar-refractivity contribution is -0.116. The maximum Gasteiger partial charge on any atom is 0.243 e. The Kier molecular flexibility index (Phi) is 7.15. The molecule has 1 saturated heterocycles. The molecule has 0 spiro atoms. The van der Waals surface area contributed by atoms with Crippen LogP contribution in [0.5, 0.6) is 0 Å². The van der Waals surface area contributed by atoms with Crippen LogP contribution in [-0.2, 0) is 21.2 Å². The van der Waals surface area contributed by atoms with Crippen molar-refractivity contribution in [1.29, 1.82) is 0 Å². The molecule has 0 radical (unpaired) electrons. The van der Waals surface area contributed by atoms with Gasteiger partial charge in [-0.25, -0.2) is 8.42 Å². The number of rotatable bonds is 7. The third-order valence-electron chi connectivity index (χ3n) is 5.50. The molecule has 0 aromatic heterocycles. The molecule has 0 atom stereocenters. The summed E-state index contributed by atoms with van der Waals surface area (Å²) in [7, 11) is 0.440. The van der Waals surface area contributed by atoms with Crippen molar-refractivity contribution in [3.8, 4) is 0 Å². The van der Waals surface area contributed by atoms with E-state index >= 15 is 0 Å². The fourth-order valence-electron chi connectivity index (χ4n) is 3.64. The molecule has 1 amide bonds. The van der Waals surface area contributed by atoms with E-state index in [2.05, 4.69) is 5.32 Å². The van der Waals surface area contributed by atoms with Gasteiger partial charge in [0.15, 0.2) is 0 Å². The molecule has 3 rings (SSSR count). The van der Waals surface area contributed by atoms with Crippen LogP contribution in [-0.4, -0.2) is 45.8 Å². The SMILES string of the molecule is Cc1ccc(NC(=O)CCc2ccc(N(C)C)cc2)cc1S(=O)(=O)N1CCCCC1. The number of nitrogens with zero attached hydrogens (tertiary/aromatic N) is 2. The molecule has 1 aliphatic heterocycles. The first-order valence-corrected chi connectivity index (χ1v) is 11.9. The quantitative estimate of drug-likeness (QED) is 0.727. The number of hydrogen-bond donors (Lipinski definition) is 1. The number of carbonyl (C=O) groups excluding carboxylic acids is 1. The predicted molar refractivity (Wildman–Crippen MR) is 122 cm³/mol. The van der Waals surface area contributed by atoms with E-state index in [0.717, 1.165) is 30.5 Å². The van der Waals surface area contributed by atoms with Crippen LogP contribution in [0.25, 0.3) is 0 Å². The summed E-state index contributed by atoms with van der Waals surface area (Å²) in [5, 5.41) is 2.85. The summed E-state index contributed by atoms with van der Waals surface area (Å²) in [5.41, 5.74) is 3.42. The van der Waals surface area contributed by atoms with Crippen LogP contribution in [0.15, 0.2) is 47.4 Å². The van der Waals surface area contributed by atoms with Crippen LogP contribution in [0.2, 0.25) is 0 Å². The molecule has 1 heterocycles. The largest absolute Gasteiger partial charge is 0.378 e. The minimum absolute atomic E-state index is 0.128. The highest BCUT2D eigenvalue weighted by molar-refractivity contribution is 7.89. The number of nitrogens with one attached hydrogen (secondary N) is 1. The fourth-order valence-corrected chi connectivity index (χ4v) is 5.41. The van der Waals surface area contributed by atoms with Crippen LogP contribution >= 0.6 is 0 Å². The van der Waals surface area contributed by atoms with E-state index in [4.69, 9.17) is 0 Å². The van der Waals surface area contributed by atoms with Gasteiger partial charge in [-0.15, -0.1) is 0 Å². The van der Waals surface area contributed by atoms with Crippen molar-refractivity contribution in [2.24, 2.45) is 0 Å². The highest BCUT2D eigenvalue weighted by atomic mass is 32.2. The number of hydrogen-bond acceptors (Lipinski definition) is 4. The normalized spacial score (nSPS) is 15.0. The van der Waals surface area contributed by atoms with E-state index in [0.29, 0.717) is 37.2 Å². The van der Waals surface area contributed by atoms with E-state index in [-0.39, 0.29) is 10.8 Å². The molecule has 0 bridgehead atoms. The first kappa shape index (κ1) is 22.3. The highest BCUT2D eigenvalue weighted by Crippen LogP contribution is 2.26. The number of piperidine rings is 1. The Hall–Kier alpha value is -2.38. The third-order valence-corrected chi connectivity index (χ3v) is 7.54. The molecule has 2 aromatic carbocycles. The van der Waals surface area contributed by atoms with Crippen LogP contribution in [0, 0.1) is 6.92 Å². The molecule has 1 aliphatic rings. The molecule has 30 heavy (non-hydrogen) atoms. The van der Waals surface area contributed by atoms with Gasteiger partial charge in [0.2, 0.25) is 15.9 Å². The zero-order valence-corrected chi connectivity index (χ0v) is 18.8. The monoisotopic (exact) mass is 429 g/mol. The maximum atomic E-state index is 13.0. The predicted octanol–water partition coefficient (Wildman–Crippen LogP) is 3.81. The second-order valence-electron chi connectivity index (χ2n) is 8.05. The van der Waals surface area contributed by atoms with Crippen molar-refractivity contribution < 1.29 is 13.2 Å². The second-order valence-corrected chi connectivity index (χ2v) is 9.96. The summed E-state index contributed by atoms with van der Waals surface area (Å²) in [6.45, 7) is 2.91. The number of amides is 1. The smallest absolute Gasteiger partial charge is 0.243 e. The van der Waals surface area contributed by atoms with E-state index in [1.54, 1.807) is 29.4 Å². The van der Waals surface area contributed by atoms with Crippen LogP contribution in [0.4, 0.5) is 11.4 Å². The molecular weight excluding hydrogens is 398 g/mol. The average molecular weight is 430 g/mol. The van der Waals surface area contributed by atoms with Gasteiger partial charge in [-0.05, 0) is 61.6 Å². The van der Waals surface area contributed by atoms with Gasteiger partial charge in [0.25, 0.3) is 0 Å². The number of anilines is 2. The van der Waals surface area contributed by atoms with E-state index in [9.17, 15) is 13.2 Å². The van der Waals surface area contributed by atoms with Gasteiger partial charge in [0.1, 0.15) is 0 Å². The summed E-state index contributed by atoms with van der Waals surface area (Å²) < 4.78 is 27.6. The standard InChI is InChI=1S/C23H31N3O3S/c1-18-7-11-20(17-22(18)30(28,29)26-15-5-4-6-16-26)24-23(27)14-10-19-8-12-21(13-9-19)25(2)3/h7-9,11-13,17H,4-6,10,14-16H2,1-3H3,(H,24,27). The summed E-state index contributed by atoms with van der Waals surface area (Å²) in [6.07, 6.45) is 3.82. The van der Waals surface area contributed by atoms with Gasteiger partial charge in [-0.2, -0.15) is 4.31 Å². The Morgan fingerprint density at radius 3 is 2.33 bits per heavy atom. The van der Waals surface area contributed by atoms with Crippen molar-refractivity contribution in [2.45, 2.75) is 43.9 Å². The Morgan fingerprint density at radius 1 is 1.03 bits per heavy atom. The van der Waals surface area contributed by atoms with Crippen LogP contribution < -0.4 is 10.2 Å². The highest BCUT2D eigenvalue weighted by Gasteiger charge is 2.27. The molecule has 1 fully saturated rings. The molecule has 162 valence electrons. The lowest BCUT2D eigenvalue weighted by Crippen LogP contribution is -2.36. The van der Waals surface area contributed by atoms with Gasteiger partial charge in [-0.3, -0.25) is 4.79 Å². The topological polar surface area (TPSA) is 69.7 Å². The van der Waals surface area contributed by atoms with Crippen molar-refractivity contribution >= 4 is 27.3 Å². The van der Waals surface area contributed by atoms with Gasteiger partial charge in [0.05, 0.1) is 4.90 Å². The minimum atomic E-state index is -3.54. The number of carbonyl (C=O) groups is 1. The Morgan fingerprint density at radius 2 is 1.70 bits per heavy atom. The molecule has 0 aliphatic carbocycles. The molecular formula is C23H31N3O3S. The lowest BCUT2D eigenvalue weighted by Gasteiger charge is -2.26. The third kappa shape index (κ3) is 5.40. The zero-order valence-electron chi connectivity index (χ0n) is 18.0. The summed E-state index contributed by atoms with van der Waals surface area (Å²) >= 11 is 0. The van der Waals surface area contributed by atoms with Crippen LogP contribution in [0.1, 0.15) is 36.8 Å². The average Bonchev–Trinajstić information content (AvgIpc) is 2.74. The molecule has 2 aromatic rings. The minimum Gasteiger partial charge on any atom is -0.378 e. The van der Waals surface area contributed by atoms with Gasteiger partial charge in [-0.1, -0.05) is 24.6 Å². The Bertz CT molecular complexity index is 979. The lowest BCUT2D eigenvalue weighted by atomic mass is 10.1. The maximum absolute atomic E-state index is 13.0. The second kappa shape index (κ2) is 9.62. The fraction of sp³-hybridized carbons (Fsp3) is 0.435. The van der Waals surface area contributed by atoms with Crippen molar-refractivity contribution in [2.75, 3.05) is 37.4 Å². The Balaban J connectivity index is 1.65.